The molecule has 3 heterocycles. The fourth-order valence-electron chi connectivity index (χ4n) is 2.71. The van der Waals surface area contributed by atoms with Gasteiger partial charge in [0.15, 0.2) is 11.7 Å². The lowest BCUT2D eigenvalue weighted by molar-refractivity contribution is -0.181. The quantitative estimate of drug-likeness (QED) is 0.766. The highest BCUT2D eigenvalue weighted by molar-refractivity contribution is 5.92. The van der Waals surface area contributed by atoms with Crippen molar-refractivity contribution < 1.29 is 18.7 Å². The third kappa shape index (κ3) is 2.26. The standard InChI is InChI=1S/C13H18N2O4/c1-9-11(19-10(2)14-9)12(16)15-5-3-13(4-6-15)17-7-8-18-13/h3-8H2,1-2H3. The Balaban J connectivity index is 1.68. The first kappa shape index (κ1) is 12.6. The summed E-state index contributed by atoms with van der Waals surface area (Å²) in [5.74, 6) is 0.327. The van der Waals surface area contributed by atoms with E-state index in [1.165, 1.54) is 0 Å². The monoisotopic (exact) mass is 266 g/mol. The number of aromatic nitrogens is 1. The highest BCUT2D eigenvalue weighted by atomic mass is 16.7. The van der Waals surface area contributed by atoms with Crippen LogP contribution >= 0.6 is 0 Å². The van der Waals surface area contributed by atoms with Gasteiger partial charge in [0, 0.05) is 32.9 Å². The van der Waals surface area contributed by atoms with Gasteiger partial charge in [-0.1, -0.05) is 0 Å². The van der Waals surface area contributed by atoms with Crippen molar-refractivity contribution in [2.24, 2.45) is 0 Å². The number of carbonyl (C=O) groups is 1. The normalized spacial score (nSPS) is 22.1. The molecule has 2 fully saturated rings. The first-order valence-corrected chi connectivity index (χ1v) is 6.61. The van der Waals surface area contributed by atoms with E-state index in [1.54, 1.807) is 18.7 Å². The van der Waals surface area contributed by atoms with Crippen LogP contribution in [0.15, 0.2) is 4.42 Å². The number of carbonyl (C=O) groups excluding carboxylic acids is 1. The molecule has 6 heteroatoms. The van der Waals surface area contributed by atoms with E-state index in [0.29, 0.717) is 56.5 Å². The molecule has 0 bridgehead atoms. The van der Waals surface area contributed by atoms with Crippen LogP contribution in [-0.4, -0.2) is 47.9 Å². The predicted octanol–water partition coefficient (Wildman–Crippen LogP) is 1.27. The minimum atomic E-state index is -0.455. The number of hydrogen-bond donors (Lipinski definition) is 0. The number of hydrogen-bond acceptors (Lipinski definition) is 5. The summed E-state index contributed by atoms with van der Waals surface area (Å²) in [6, 6.07) is 0. The molecule has 0 aromatic carbocycles. The van der Waals surface area contributed by atoms with Crippen LogP contribution in [0.3, 0.4) is 0 Å². The average molecular weight is 266 g/mol. The SMILES string of the molecule is Cc1nc(C)c(C(=O)N2CCC3(CC2)OCCO3)o1. The Labute approximate surface area is 111 Å². The van der Waals surface area contributed by atoms with Gasteiger partial charge in [-0.05, 0) is 6.92 Å². The van der Waals surface area contributed by atoms with Crippen molar-refractivity contribution in [3.63, 3.8) is 0 Å². The Morgan fingerprint density at radius 3 is 2.37 bits per heavy atom. The maximum Gasteiger partial charge on any atom is 0.291 e. The Morgan fingerprint density at radius 1 is 1.21 bits per heavy atom. The number of nitrogens with zero attached hydrogens (tertiary/aromatic N) is 2. The number of oxazole rings is 1. The minimum absolute atomic E-state index is 0.0917. The van der Waals surface area contributed by atoms with Crippen molar-refractivity contribution in [3.05, 3.63) is 17.3 Å². The number of aryl methyl sites for hydroxylation is 2. The second-order valence-corrected chi connectivity index (χ2v) is 5.05. The van der Waals surface area contributed by atoms with Crippen LogP contribution in [-0.2, 0) is 9.47 Å². The van der Waals surface area contributed by atoms with E-state index < -0.39 is 5.79 Å². The number of likely N-dealkylation sites (tertiary alicyclic amines) is 1. The van der Waals surface area contributed by atoms with Gasteiger partial charge in [0.1, 0.15) is 0 Å². The molecule has 2 aliphatic heterocycles. The molecule has 1 aromatic rings. The van der Waals surface area contributed by atoms with Gasteiger partial charge in [0.05, 0.1) is 18.9 Å². The van der Waals surface area contributed by atoms with Gasteiger partial charge in [-0.15, -0.1) is 0 Å². The van der Waals surface area contributed by atoms with Crippen molar-refractivity contribution >= 4 is 5.91 Å². The third-order valence-electron chi connectivity index (χ3n) is 3.72. The van der Waals surface area contributed by atoms with E-state index in [-0.39, 0.29) is 5.91 Å². The summed E-state index contributed by atoms with van der Waals surface area (Å²) in [6.07, 6.45) is 1.43. The summed E-state index contributed by atoms with van der Waals surface area (Å²) < 4.78 is 16.7. The van der Waals surface area contributed by atoms with Crippen molar-refractivity contribution in [2.75, 3.05) is 26.3 Å². The molecule has 19 heavy (non-hydrogen) atoms. The molecule has 1 amide bonds. The molecule has 1 aromatic heterocycles. The third-order valence-corrected chi connectivity index (χ3v) is 3.72. The van der Waals surface area contributed by atoms with Crippen LogP contribution in [0.2, 0.25) is 0 Å². The fourth-order valence-corrected chi connectivity index (χ4v) is 2.71. The fraction of sp³-hybridized carbons (Fsp3) is 0.692. The number of piperidine rings is 1. The van der Waals surface area contributed by atoms with Gasteiger partial charge >= 0.3 is 0 Å². The first-order valence-electron chi connectivity index (χ1n) is 6.61. The Morgan fingerprint density at radius 2 is 1.84 bits per heavy atom. The van der Waals surface area contributed by atoms with Crippen LogP contribution in [0.25, 0.3) is 0 Å². The van der Waals surface area contributed by atoms with Gasteiger partial charge in [-0.25, -0.2) is 4.98 Å². The van der Waals surface area contributed by atoms with Crippen LogP contribution in [0, 0.1) is 13.8 Å². The molecule has 2 aliphatic rings. The molecule has 1 spiro atoms. The maximum absolute atomic E-state index is 12.3. The van der Waals surface area contributed by atoms with E-state index in [4.69, 9.17) is 13.9 Å². The smallest absolute Gasteiger partial charge is 0.291 e. The molecule has 0 atom stereocenters. The summed E-state index contributed by atoms with van der Waals surface area (Å²) in [6.45, 7) is 6.08. The largest absolute Gasteiger partial charge is 0.436 e. The molecule has 3 rings (SSSR count). The molecule has 6 nitrogen and oxygen atoms in total. The zero-order valence-electron chi connectivity index (χ0n) is 11.3. The van der Waals surface area contributed by atoms with E-state index in [2.05, 4.69) is 4.98 Å². The second-order valence-electron chi connectivity index (χ2n) is 5.05. The molecule has 2 saturated heterocycles. The van der Waals surface area contributed by atoms with E-state index >= 15 is 0 Å². The Bertz CT molecular complexity index is 481. The Kier molecular flexibility index (Phi) is 3.06. The van der Waals surface area contributed by atoms with Crippen LogP contribution < -0.4 is 0 Å². The summed E-state index contributed by atoms with van der Waals surface area (Å²) in [5.41, 5.74) is 0.649. The van der Waals surface area contributed by atoms with Crippen molar-refractivity contribution in [3.8, 4) is 0 Å². The molecule has 0 radical (unpaired) electrons. The molecule has 0 unspecified atom stereocenters. The molecule has 0 N–H and O–H groups in total. The number of rotatable bonds is 1. The summed E-state index contributed by atoms with van der Waals surface area (Å²) >= 11 is 0. The average Bonchev–Trinajstić information content (AvgIpc) is 2.97. The molecule has 0 aliphatic carbocycles. The summed E-state index contributed by atoms with van der Waals surface area (Å²) in [4.78, 5) is 18.3. The lowest BCUT2D eigenvalue weighted by atomic mass is 10.0. The van der Waals surface area contributed by atoms with E-state index in [0.717, 1.165) is 0 Å². The predicted molar refractivity (Wildman–Crippen MR) is 65.7 cm³/mol. The molecule has 104 valence electrons. The number of amides is 1. The van der Waals surface area contributed by atoms with E-state index in [1.807, 2.05) is 0 Å². The van der Waals surface area contributed by atoms with Crippen molar-refractivity contribution in [2.45, 2.75) is 32.5 Å². The number of ether oxygens (including phenoxy) is 2. The topological polar surface area (TPSA) is 64.8 Å². The van der Waals surface area contributed by atoms with Gasteiger partial charge in [-0.2, -0.15) is 0 Å². The van der Waals surface area contributed by atoms with Crippen molar-refractivity contribution in [1.29, 1.82) is 0 Å². The summed E-state index contributed by atoms with van der Waals surface area (Å²) in [5, 5.41) is 0. The van der Waals surface area contributed by atoms with Gasteiger partial charge < -0.3 is 18.8 Å². The first-order chi connectivity index (χ1) is 9.10. The van der Waals surface area contributed by atoms with E-state index in [9.17, 15) is 4.79 Å². The van der Waals surface area contributed by atoms with Crippen LogP contribution in [0.4, 0.5) is 0 Å². The molecular weight excluding hydrogens is 248 g/mol. The van der Waals surface area contributed by atoms with Gasteiger partial charge in [0.25, 0.3) is 5.91 Å². The summed E-state index contributed by atoms with van der Waals surface area (Å²) in [7, 11) is 0. The lowest BCUT2D eigenvalue weighted by Gasteiger charge is -2.37. The highest BCUT2D eigenvalue weighted by Gasteiger charge is 2.41. The van der Waals surface area contributed by atoms with Crippen molar-refractivity contribution in [1.82, 2.24) is 9.88 Å². The highest BCUT2D eigenvalue weighted by Crippen LogP contribution is 2.31. The minimum Gasteiger partial charge on any atom is -0.436 e. The second kappa shape index (κ2) is 4.61. The van der Waals surface area contributed by atoms with Crippen LogP contribution in [0.5, 0.6) is 0 Å². The Hall–Kier alpha value is -1.40. The zero-order valence-corrected chi connectivity index (χ0v) is 11.3. The lowest BCUT2D eigenvalue weighted by Crippen LogP contribution is -2.47. The zero-order chi connectivity index (χ0) is 13.5. The van der Waals surface area contributed by atoms with Gasteiger partial charge in [0.2, 0.25) is 5.76 Å². The maximum atomic E-state index is 12.3. The van der Waals surface area contributed by atoms with Gasteiger partial charge in [-0.3, -0.25) is 4.79 Å². The molecule has 0 saturated carbocycles. The molecular formula is C13H18N2O4. The van der Waals surface area contributed by atoms with Crippen LogP contribution in [0.1, 0.15) is 35.0 Å².